The van der Waals surface area contributed by atoms with Gasteiger partial charge in [-0.2, -0.15) is 0 Å². The number of fused-ring (bicyclic) bond motifs is 1. The van der Waals surface area contributed by atoms with Gasteiger partial charge in [-0.05, 0) is 24.1 Å². The number of carbonyl (C=O) groups is 1. The molecule has 4 nitrogen and oxygen atoms in total. The average molecular weight is 234 g/mol. The lowest BCUT2D eigenvalue weighted by atomic mass is 10.1. The van der Waals surface area contributed by atoms with E-state index in [9.17, 15) is 4.79 Å². The molecule has 0 saturated heterocycles. The molecule has 1 aromatic carbocycles. The molecular weight excluding hydrogens is 216 g/mol. The Morgan fingerprint density at radius 3 is 2.94 bits per heavy atom. The highest BCUT2D eigenvalue weighted by atomic mass is 16.4. The number of hydrogen-bond donors (Lipinski definition) is 2. The number of benzene rings is 1. The smallest absolute Gasteiger partial charge is 0.335 e. The zero-order valence-corrected chi connectivity index (χ0v) is 10.2. The van der Waals surface area contributed by atoms with Gasteiger partial charge in [0, 0.05) is 19.6 Å². The molecule has 1 aliphatic heterocycles. The van der Waals surface area contributed by atoms with Crippen molar-refractivity contribution in [1.29, 1.82) is 0 Å². The predicted molar refractivity (Wildman–Crippen MR) is 68.9 cm³/mol. The molecule has 0 saturated carbocycles. The van der Waals surface area contributed by atoms with Gasteiger partial charge in [-0.15, -0.1) is 0 Å². The molecule has 4 heteroatoms. The Morgan fingerprint density at radius 2 is 2.29 bits per heavy atom. The van der Waals surface area contributed by atoms with E-state index in [-0.39, 0.29) is 0 Å². The molecule has 0 spiro atoms. The summed E-state index contributed by atoms with van der Waals surface area (Å²) < 4.78 is 0. The molecule has 1 heterocycles. The van der Waals surface area contributed by atoms with Crippen molar-refractivity contribution < 1.29 is 9.90 Å². The van der Waals surface area contributed by atoms with Crippen LogP contribution in [0.1, 0.15) is 24.2 Å². The van der Waals surface area contributed by atoms with Gasteiger partial charge in [0.2, 0.25) is 0 Å². The van der Waals surface area contributed by atoms with E-state index in [0.29, 0.717) is 11.5 Å². The lowest BCUT2D eigenvalue weighted by molar-refractivity contribution is 0.0697. The minimum atomic E-state index is -0.872. The molecule has 1 aliphatic rings. The third kappa shape index (κ3) is 2.52. The minimum Gasteiger partial charge on any atom is -0.478 e. The molecule has 0 aliphatic carbocycles. The van der Waals surface area contributed by atoms with Crippen LogP contribution in [0.25, 0.3) is 0 Å². The van der Waals surface area contributed by atoms with Crippen LogP contribution >= 0.6 is 0 Å². The van der Waals surface area contributed by atoms with E-state index >= 15 is 0 Å². The number of carboxylic acids is 1. The first-order chi connectivity index (χ1) is 8.08. The molecule has 2 rings (SSSR count). The molecule has 0 amide bonds. The lowest BCUT2D eigenvalue weighted by Crippen LogP contribution is -2.36. The summed E-state index contributed by atoms with van der Waals surface area (Å²) in [6.07, 6.45) is 0. The maximum atomic E-state index is 11.0. The lowest BCUT2D eigenvalue weighted by Gasteiger charge is -2.33. The molecule has 0 atom stereocenters. The van der Waals surface area contributed by atoms with Crippen molar-refractivity contribution >= 4 is 17.3 Å². The topological polar surface area (TPSA) is 52.6 Å². The van der Waals surface area contributed by atoms with Gasteiger partial charge in [0.1, 0.15) is 0 Å². The maximum absolute atomic E-state index is 11.0. The first-order valence-electron chi connectivity index (χ1n) is 5.94. The van der Waals surface area contributed by atoms with Gasteiger partial charge < -0.3 is 15.3 Å². The molecule has 2 N–H and O–H groups in total. The number of rotatable bonds is 3. The van der Waals surface area contributed by atoms with Gasteiger partial charge in [-0.1, -0.05) is 13.8 Å². The zero-order chi connectivity index (χ0) is 12.4. The van der Waals surface area contributed by atoms with Gasteiger partial charge in [0.15, 0.2) is 0 Å². The van der Waals surface area contributed by atoms with E-state index in [4.69, 9.17) is 5.11 Å². The molecule has 0 aromatic heterocycles. The normalized spacial score (nSPS) is 14.4. The Balaban J connectivity index is 2.34. The van der Waals surface area contributed by atoms with E-state index in [1.54, 1.807) is 12.1 Å². The third-order valence-corrected chi connectivity index (χ3v) is 2.87. The molecule has 17 heavy (non-hydrogen) atoms. The summed E-state index contributed by atoms with van der Waals surface area (Å²) in [4.78, 5) is 13.2. The van der Waals surface area contributed by atoms with Crippen molar-refractivity contribution in [3.8, 4) is 0 Å². The van der Waals surface area contributed by atoms with Crippen molar-refractivity contribution in [2.24, 2.45) is 5.92 Å². The first kappa shape index (κ1) is 11.8. The van der Waals surface area contributed by atoms with Gasteiger partial charge >= 0.3 is 5.97 Å². The molecule has 0 bridgehead atoms. The highest BCUT2D eigenvalue weighted by Gasteiger charge is 2.18. The predicted octanol–water partition coefficient (Wildman–Crippen LogP) is 2.27. The van der Waals surface area contributed by atoms with Crippen LogP contribution in [-0.4, -0.2) is 30.7 Å². The van der Waals surface area contributed by atoms with Crippen molar-refractivity contribution in [2.45, 2.75) is 13.8 Å². The number of aromatic carboxylic acids is 1. The zero-order valence-electron chi connectivity index (χ0n) is 10.2. The van der Waals surface area contributed by atoms with Crippen LogP contribution < -0.4 is 10.2 Å². The highest BCUT2D eigenvalue weighted by molar-refractivity contribution is 5.91. The van der Waals surface area contributed by atoms with Crippen LogP contribution in [-0.2, 0) is 0 Å². The molecule has 0 unspecified atom stereocenters. The van der Waals surface area contributed by atoms with Gasteiger partial charge in [-0.25, -0.2) is 4.79 Å². The van der Waals surface area contributed by atoms with Gasteiger partial charge in [0.05, 0.1) is 16.9 Å². The van der Waals surface area contributed by atoms with Crippen molar-refractivity contribution in [2.75, 3.05) is 29.9 Å². The summed E-state index contributed by atoms with van der Waals surface area (Å²) in [5, 5.41) is 12.3. The van der Waals surface area contributed by atoms with Crippen molar-refractivity contribution in [1.82, 2.24) is 0 Å². The second kappa shape index (κ2) is 4.65. The van der Waals surface area contributed by atoms with Gasteiger partial charge in [-0.3, -0.25) is 0 Å². The van der Waals surface area contributed by atoms with Crippen LogP contribution in [0.2, 0.25) is 0 Å². The number of nitrogens with zero attached hydrogens (tertiary/aromatic N) is 1. The minimum absolute atomic E-state index is 0.348. The monoisotopic (exact) mass is 234 g/mol. The van der Waals surface area contributed by atoms with Crippen molar-refractivity contribution in [3.63, 3.8) is 0 Å². The summed E-state index contributed by atoms with van der Waals surface area (Å²) in [5.74, 6) is -0.308. The summed E-state index contributed by atoms with van der Waals surface area (Å²) in [7, 11) is 0. The Bertz CT molecular complexity index is 429. The fourth-order valence-electron chi connectivity index (χ4n) is 2.15. The molecular formula is C13H18N2O2. The van der Waals surface area contributed by atoms with Crippen molar-refractivity contribution in [3.05, 3.63) is 23.8 Å². The fourth-order valence-corrected chi connectivity index (χ4v) is 2.15. The summed E-state index contributed by atoms with van der Waals surface area (Å²) in [6, 6.07) is 5.25. The Labute approximate surface area is 101 Å². The molecule has 0 radical (unpaired) electrons. The number of carboxylic acid groups (broad SMARTS) is 1. The van der Waals surface area contributed by atoms with E-state index in [1.165, 1.54) is 0 Å². The van der Waals surface area contributed by atoms with Crippen LogP contribution in [0.3, 0.4) is 0 Å². The van der Waals surface area contributed by atoms with Crippen LogP contribution in [0.4, 0.5) is 11.4 Å². The second-order valence-corrected chi connectivity index (χ2v) is 4.80. The van der Waals surface area contributed by atoms with Crippen LogP contribution in [0.15, 0.2) is 18.2 Å². The summed E-state index contributed by atoms with van der Waals surface area (Å²) >= 11 is 0. The quantitative estimate of drug-likeness (QED) is 0.842. The van der Waals surface area contributed by atoms with E-state index in [2.05, 4.69) is 24.1 Å². The molecule has 1 aromatic rings. The van der Waals surface area contributed by atoms with E-state index in [1.807, 2.05) is 6.07 Å². The van der Waals surface area contributed by atoms with E-state index in [0.717, 1.165) is 31.0 Å². The van der Waals surface area contributed by atoms with Crippen LogP contribution in [0.5, 0.6) is 0 Å². The van der Waals surface area contributed by atoms with Crippen LogP contribution in [0, 0.1) is 5.92 Å². The Hall–Kier alpha value is -1.71. The van der Waals surface area contributed by atoms with Gasteiger partial charge in [0.25, 0.3) is 0 Å². The summed E-state index contributed by atoms with van der Waals surface area (Å²) in [5.41, 5.74) is 2.38. The van der Waals surface area contributed by atoms with E-state index < -0.39 is 5.97 Å². The standard InChI is InChI=1S/C13H18N2O2/c1-9(2)8-15-6-5-14-11-4-3-10(13(16)17)7-12(11)15/h3-4,7,9,14H,5-6,8H2,1-2H3,(H,16,17). The number of hydrogen-bond acceptors (Lipinski definition) is 3. The summed E-state index contributed by atoms with van der Waals surface area (Å²) in [6.45, 7) is 7.13. The molecule has 92 valence electrons. The second-order valence-electron chi connectivity index (χ2n) is 4.80. The average Bonchev–Trinajstić information content (AvgIpc) is 2.28. The third-order valence-electron chi connectivity index (χ3n) is 2.87. The Morgan fingerprint density at radius 1 is 1.53 bits per heavy atom. The number of nitrogens with one attached hydrogen (secondary N) is 1. The fraction of sp³-hybridized carbons (Fsp3) is 0.462. The molecule has 0 fully saturated rings. The Kier molecular flexibility index (Phi) is 3.22. The number of anilines is 2. The SMILES string of the molecule is CC(C)CN1CCNc2ccc(C(=O)O)cc21. The first-order valence-corrected chi connectivity index (χ1v) is 5.94. The maximum Gasteiger partial charge on any atom is 0.335 e. The highest BCUT2D eigenvalue weighted by Crippen LogP contribution is 2.30. The largest absolute Gasteiger partial charge is 0.478 e.